The minimum absolute atomic E-state index is 0.143. The number of carbonyl (C=O) groups is 1. The summed E-state index contributed by atoms with van der Waals surface area (Å²) < 4.78 is 0. The first-order valence-electron chi connectivity index (χ1n) is 7.44. The molecule has 0 bridgehead atoms. The number of hydrogen-bond donors (Lipinski definition) is 2. The number of hydrogen-bond acceptors (Lipinski definition) is 2. The molecule has 1 amide bonds. The number of aryl methyl sites for hydroxylation is 1. The van der Waals surface area contributed by atoms with Crippen LogP contribution in [-0.2, 0) is 4.79 Å². The maximum atomic E-state index is 11.9. The smallest absolute Gasteiger partial charge is 0.221 e. The van der Waals surface area contributed by atoms with Gasteiger partial charge in [0.15, 0.2) is 0 Å². The molecule has 0 saturated heterocycles. The Kier molecular flexibility index (Phi) is 5.72. The molecule has 0 radical (unpaired) electrons. The van der Waals surface area contributed by atoms with Crippen molar-refractivity contribution in [1.29, 1.82) is 0 Å². The van der Waals surface area contributed by atoms with Crippen LogP contribution in [0.2, 0.25) is 5.02 Å². The molecule has 0 spiro atoms. The highest BCUT2D eigenvalue weighted by Crippen LogP contribution is 2.20. The monoisotopic (exact) mass is 294 g/mol. The van der Waals surface area contributed by atoms with E-state index in [0.717, 1.165) is 24.1 Å². The van der Waals surface area contributed by atoms with E-state index in [1.54, 1.807) is 0 Å². The second-order valence-electron chi connectivity index (χ2n) is 5.54. The second-order valence-corrected chi connectivity index (χ2v) is 5.97. The predicted octanol–water partition coefficient (Wildman–Crippen LogP) is 3.90. The van der Waals surface area contributed by atoms with Crippen molar-refractivity contribution in [2.24, 2.45) is 0 Å². The molecular formula is C16H23ClN2O. The molecule has 2 rings (SSSR count). The van der Waals surface area contributed by atoms with Gasteiger partial charge < -0.3 is 10.6 Å². The average Bonchev–Trinajstić information content (AvgIpc) is 2.44. The molecule has 20 heavy (non-hydrogen) atoms. The first-order chi connectivity index (χ1) is 9.65. The van der Waals surface area contributed by atoms with Crippen molar-refractivity contribution >= 4 is 23.2 Å². The number of halogens is 1. The van der Waals surface area contributed by atoms with Crippen molar-refractivity contribution < 1.29 is 4.79 Å². The first kappa shape index (κ1) is 15.2. The quantitative estimate of drug-likeness (QED) is 0.865. The van der Waals surface area contributed by atoms with Gasteiger partial charge in [-0.3, -0.25) is 4.79 Å². The molecule has 0 aromatic heterocycles. The van der Waals surface area contributed by atoms with E-state index in [-0.39, 0.29) is 5.91 Å². The van der Waals surface area contributed by atoms with E-state index < -0.39 is 0 Å². The van der Waals surface area contributed by atoms with Gasteiger partial charge in [-0.15, -0.1) is 0 Å². The molecule has 2 N–H and O–H groups in total. The van der Waals surface area contributed by atoms with Gasteiger partial charge in [-0.2, -0.15) is 0 Å². The summed E-state index contributed by atoms with van der Waals surface area (Å²) in [6, 6.07) is 6.14. The maximum Gasteiger partial charge on any atom is 0.221 e. The molecule has 1 aliphatic carbocycles. The minimum Gasteiger partial charge on any atom is -0.384 e. The fourth-order valence-electron chi connectivity index (χ4n) is 2.64. The maximum absolute atomic E-state index is 11.9. The van der Waals surface area contributed by atoms with E-state index in [1.807, 2.05) is 25.1 Å². The van der Waals surface area contributed by atoms with Crippen molar-refractivity contribution in [3.8, 4) is 0 Å². The van der Waals surface area contributed by atoms with E-state index >= 15 is 0 Å². The van der Waals surface area contributed by atoms with Crippen LogP contribution in [0.3, 0.4) is 0 Å². The van der Waals surface area contributed by atoms with Crippen molar-refractivity contribution in [3.05, 3.63) is 28.8 Å². The summed E-state index contributed by atoms with van der Waals surface area (Å²) in [5.41, 5.74) is 2.14. The highest BCUT2D eigenvalue weighted by Gasteiger charge is 2.15. The van der Waals surface area contributed by atoms with Crippen LogP contribution in [0.4, 0.5) is 5.69 Å². The molecular weight excluding hydrogens is 272 g/mol. The Balaban J connectivity index is 1.72. The van der Waals surface area contributed by atoms with Gasteiger partial charge in [-0.25, -0.2) is 0 Å². The fraction of sp³-hybridized carbons (Fsp3) is 0.562. The summed E-state index contributed by atoms with van der Waals surface area (Å²) >= 11 is 5.97. The van der Waals surface area contributed by atoms with Crippen LogP contribution in [0.25, 0.3) is 0 Å². The number of nitrogens with one attached hydrogen (secondary N) is 2. The Morgan fingerprint density at radius 2 is 2.05 bits per heavy atom. The molecule has 1 aliphatic rings. The highest BCUT2D eigenvalue weighted by atomic mass is 35.5. The number of carbonyl (C=O) groups excluding carboxylic acids is 1. The number of benzene rings is 1. The molecule has 0 atom stereocenters. The lowest BCUT2D eigenvalue weighted by molar-refractivity contribution is -0.121. The second kappa shape index (κ2) is 7.53. The Morgan fingerprint density at radius 3 is 2.80 bits per heavy atom. The molecule has 0 aliphatic heterocycles. The Morgan fingerprint density at radius 1 is 1.30 bits per heavy atom. The van der Waals surface area contributed by atoms with Crippen LogP contribution in [0.5, 0.6) is 0 Å². The minimum atomic E-state index is 0.143. The van der Waals surface area contributed by atoms with E-state index in [2.05, 4.69) is 10.6 Å². The summed E-state index contributed by atoms with van der Waals surface area (Å²) in [4.78, 5) is 11.9. The molecule has 1 aromatic rings. The van der Waals surface area contributed by atoms with Crippen molar-refractivity contribution in [2.45, 2.75) is 51.5 Å². The lowest BCUT2D eigenvalue weighted by atomic mass is 9.95. The lowest BCUT2D eigenvalue weighted by Crippen LogP contribution is -2.36. The zero-order valence-electron chi connectivity index (χ0n) is 12.0. The standard InChI is InChI=1S/C16H23ClN2O/c1-12-7-8-13(17)11-15(12)18-10-9-16(20)19-14-5-3-2-4-6-14/h7-8,11,14,18H,2-6,9-10H2,1H3,(H,19,20). The summed E-state index contributed by atoms with van der Waals surface area (Å²) in [5.74, 6) is 0.143. The zero-order chi connectivity index (χ0) is 14.4. The van der Waals surface area contributed by atoms with E-state index in [1.165, 1.54) is 19.3 Å². The SMILES string of the molecule is Cc1ccc(Cl)cc1NCCC(=O)NC1CCCCC1. The number of anilines is 1. The van der Waals surface area contributed by atoms with Gasteiger partial charge in [0.05, 0.1) is 0 Å². The van der Waals surface area contributed by atoms with Crippen molar-refractivity contribution in [1.82, 2.24) is 5.32 Å². The van der Waals surface area contributed by atoms with Crippen LogP contribution >= 0.6 is 11.6 Å². The van der Waals surface area contributed by atoms with E-state index in [4.69, 9.17) is 11.6 Å². The van der Waals surface area contributed by atoms with Crippen LogP contribution in [0.15, 0.2) is 18.2 Å². The Bertz CT molecular complexity index is 456. The lowest BCUT2D eigenvalue weighted by Gasteiger charge is -2.22. The summed E-state index contributed by atoms with van der Waals surface area (Å²) in [7, 11) is 0. The number of rotatable bonds is 5. The predicted molar refractivity (Wildman–Crippen MR) is 84.3 cm³/mol. The molecule has 1 aromatic carbocycles. The highest BCUT2D eigenvalue weighted by molar-refractivity contribution is 6.30. The fourth-order valence-corrected chi connectivity index (χ4v) is 2.81. The molecule has 0 unspecified atom stereocenters. The van der Waals surface area contributed by atoms with Crippen LogP contribution in [-0.4, -0.2) is 18.5 Å². The third-order valence-corrected chi connectivity index (χ3v) is 4.07. The normalized spacial score (nSPS) is 15.9. The summed E-state index contributed by atoms with van der Waals surface area (Å²) in [5, 5.41) is 7.12. The molecule has 3 nitrogen and oxygen atoms in total. The van der Waals surface area contributed by atoms with Gasteiger partial charge in [-0.1, -0.05) is 36.9 Å². The topological polar surface area (TPSA) is 41.1 Å². The van der Waals surface area contributed by atoms with Gasteiger partial charge in [0, 0.05) is 29.7 Å². The summed E-state index contributed by atoms with van der Waals surface area (Å²) in [6.45, 7) is 2.67. The van der Waals surface area contributed by atoms with Gasteiger partial charge >= 0.3 is 0 Å². The molecule has 0 heterocycles. The average molecular weight is 295 g/mol. The van der Waals surface area contributed by atoms with E-state index in [9.17, 15) is 4.79 Å². The molecule has 110 valence electrons. The number of amides is 1. The van der Waals surface area contributed by atoms with E-state index in [0.29, 0.717) is 24.0 Å². The van der Waals surface area contributed by atoms with Gasteiger partial charge in [0.25, 0.3) is 0 Å². The van der Waals surface area contributed by atoms with Gasteiger partial charge in [-0.05, 0) is 37.5 Å². The summed E-state index contributed by atoms with van der Waals surface area (Å²) in [6.07, 6.45) is 6.55. The van der Waals surface area contributed by atoms with Gasteiger partial charge in [0.2, 0.25) is 5.91 Å². The van der Waals surface area contributed by atoms with Crippen LogP contribution < -0.4 is 10.6 Å². The van der Waals surface area contributed by atoms with Crippen LogP contribution in [0.1, 0.15) is 44.1 Å². The molecule has 1 fully saturated rings. The largest absolute Gasteiger partial charge is 0.384 e. The molecule has 1 saturated carbocycles. The third-order valence-electron chi connectivity index (χ3n) is 3.84. The van der Waals surface area contributed by atoms with Crippen LogP contribution in [0, 0.1) is 6.92 Å². The Labute approximate surface area is 126 Å². The first-order valence-corrected chi connectivity index (χ1v) is 7.82. The third kappa shape index (κ3) is 4.71. The Hall–Kier alpha value is -1.22. The van der Waals surface area contributed by atoms with Crippen molar-refractivity contribution in [3.63, 3.8) is 0 Å². The van der Waals surface area contributed by atoms with Gasteiger partial charge in [0.1, 0.15) is 0 Å². The molecule has 4 heteroatoms. The van der Waals surface area contributed by atoms with Crippen molar-refractivity contribution in [2.75, 3.05) is 11.9 Å². The zero-order valence-corrected chi connectivity index (χ0v) is 12.8.